The molecule has 0 N–H and O–H groups in total. The van der Waals surface area contributed by atoms with Crippen molar-refractivity contribution in [2.75, 3.05) is 13.6 Å². The highest BCUT2D eigenvalue weighted by molar-refractivity contribution is 5.06. The lowest BCUT2D eigenvalue weighted by Crippen LogP contribution is -2.30. The van der Waals surface area contributed by atoms with E-state index in [1.54, 1.807) is 0 Å². The number of unbranched alkanes of at least 4 members (excludes halogenated alkanes) is 3. The Kier molecular flexibility index (Phi) is 6.70. The third kappa shape index (κ3) is 5.86. The van der Waals surface area contributed by atoms with Gasteiger partial charge in [0.05, 0.1) is 0 Å². The smallest absolute Gasteiger partial charge is 0.0278 e. The zero-order valence-electron chi connectivity index (χ0n) is 12.8. The van der Waals surface area contributed by atoms with Gasteiger partial charge >= 0.3 is 0 Å². The highest BCUT2D eigenvalue weighted by Crippen LogP contribution is 2.25. The second kappa shape index (κ2) is 7.78. The number of nitrogens with zero attached hydrogens (tertiary/aromatic N) is 1. The Hall–Kier alpha value is -0.560. The molecule has 0 saturated heterocycles. The van der Waals surface area contributed by atoms with Crippen LogP contribution in [0, 0.1) is 5.41 Å². The van der Waals surface area contributed by atoms with E-state index in [0.29, 0.717) is 11.5 Å². The summed E-state index contributed by atoms with van der Waals surface area (Å²) >= 11 is 0. The average Bonchev–Trinajstić information content (AvgIpc) is 2.38. The van der Waals surface area contributed by atoms with Gasteiger partial charge in [-0.05, 0) is 25.3 Å². The van der Waals surface area contributed by atoms with Gasteiger partial charge in [0.25, 0.3) is 0 Å². The summed E-state index contributed by atoms with van der Waals surface area (Å²) in [7, 11) is 2.25. The zero-order chi connectivity index (χ0) is 13.4. The molecule has 0 bridgehead atoms. The fourth-order valence-corrected chi connectivity index (χ4v) is 2.45. The molecule has 1 atom stereocenters. The predicted octanol–water partition coefficient (Wildman–Crippen LogP) is 4.80. The van der Waals surface area contributed by atoms with E-state index in [1.165, 1.54) is 32.1 Å². The van der Waals surface area contributed by atoms with Gasteiger partial charge in [-0.25, -0.2) is 0 Å². The molecule has 0 aromatic carbocycles. The summed E-state index contributed by atoms with van der Waals surface area (Å²) in [6, 6.07) is 0.615. The molecule has 0 aliphatic carbocycles. The van der Waals surface area contributed by atoms with E-state index in [-0.39, 0.29) is 0 Å². The van der Waals surface area contributed by atoms with Crippen LogP contribution in [0.2, 0.25) is 0 Å². The predicted molar refractivity (Wildman–Crippen MR) is 81.9 cm³/mol. The fourth-order valence-electron chi connectivity index (χ4n) is 2.45. The Bertz CT molecular complexity index is 275. The second-order valence-corrected chi connectivity index (χ2v) is 6.38. The van der Waals surface area contributed by atoms with Crippen molar-refractivity contribution in [1.29, 1.82) is 0 Å². The molecule has 1 rings (SSSR count). The van der Waals surface area contributed by atoms with Crippen molar-refractivity contribution in [2.24, 2.45) is 5.41 Å². The van der Waals surface area contributed by atoms with E-state index in [1.807, 2.05) is 0 Å². The molecule has 18 heavy (non-hydrogen) atoms. The first-order chi connectivity index (χ1) is 8.55. The highest BCUT2D eigenvalue weighted by atomic mass is 15.1. The topological polar surface area (TPSA) is 3.24 Å². The summed E-state index contributed by atoms with van der Waals surface area (Å²) in [5, 5.41) is 0. The van der Waals surface area contributed by atoms with E-state index >= 15 is 0 Å². The van der Waals surface area contributed by atoms with Crippen molar-refractivity contribution in [2.45, 2.75) is 65.3 Å². The quantitative estimate of drug-likeness (QED) is 0.500. The van der Waals surface area contributed by atoms with Crippen molar-refractivity contribution >= 4 is 0 Å². The Labute approximate surface area is 114 Å². The van der Waals surface area contributed by atoms with Gasteiger partial charge in [-0.3, -0.25) is 4.90 Å². The molecule has 1 aliphatic rings. The van der Waals surface area contributed by atoms with Gasteiger partial charge in [-0.2, -0.15) is 0 Å². The van der Waals surface area contributed by atoms with E-state index in [4.69, 9.17) is 0 Å². The average molecular weight is 249 g/mol. The lowest BCUT2D eigenvalue weighted by atomic mass is 9.88. The Balaban J connectivity index is 2.55. The molecule has 1 heterocycles. The van der Waals surface area contributed by atoms with Gasteiger partial charge in [0, 0.05) is 12.6 Å². The van der Waals surface area contributed by atoms with E-state index in [2.05, 4.69) is 57.0 Å². The van der Waals surface area contributed by atoms with Gasteiger partial charge < -0.3 is 0 Å². The number of hydrogen-bond acceptors (Lipinski definition) is 1. The molecule has 1 nitrogen and oxygen atoms in total. The van der Waals surface area contributed by atoms with Crippen molar-refractivity contribution in [3.05, 3.63) is 24.3 Å². The van der Waals surface area contributed by atoms with Crippen molar-refractivity contribution < 1.29 is 0 Å². The van der Waals surface area contributed by atoms with Crippen LogP contribution < -0.4 is 0 Å². The molecule has 1 aliphatic heterocycles. The molecule has 0 radical (unpaired) electrons. The molecule has 0 aromatic rings. The third-order valence-electron chi connectivity index (χ3n) is 3.89. The van der Waals surface area contributed by atoms with Gasteiger partial charge in [-0.15, -0.1) is 0 Å². The first kappa shape index (κ1) is 15.5. The maximum Gasteiger partial charge on any atom is 0.0278 e. The molecule has 0 spiro atoms. The zero-order valence-corrected chi connectivity index (χ0v) is 12.8. The van der Waals surface area contributed by atoms with Gasteiger partial charge in [0.15, 0.2) is 0 Å². The summed E-state index contributed by atoms with van der Waals surface area (Å²) in [5.74, 6) is 0. The van der Waals surface area contributed by atoms with Crippen LogP contribution >= 0.6 is 0 Å². The number of hydrogen-bond donors (Lipinski definition) is 0. The molecule has 0 amide bonds. The normalized spacial score (nSPS) is 24.6. The molecule has 0 aromatic heterocycles. The van der Waals surface area contributed by atoms with Crippen LogP contribution in [-0.4, -0.2) is 24.5 Å². The first-order valence-electron chi connectivity index (χ1n) is 7.60. The maximum atomic E-state index is 2.47. The molecule has 0 saturated carbocycles. The fraction of sp³-hybridized carbons (Fsp3) is 0.765. The SMILES string of the molecule is CCCCCCC1C=CC(C)(C)CC=CCN1C. The summed E-state index contributed by atoms with van der Waals surface area (Å²) in [4.78, 5) is 2.47. The van der Waals surface area contributed by atoms with Gasteiger partial charge in [0.2, 0.25) is 0 Å². The monoisotopic (exact) mass is 249 g/mol. The van der Waals surface area contributed by atoms with Gasteiger partial charge in [-0.1, -0.05) is 70.8 Å². The molecule has 0 fully saturated rings. The Morgan fingerprint density at radius 1 is 1.17 bits per heavy atom. The standard InChI is InChI=1S/C17H31N/c1-5-6-7-8-11-16-12-14-17(2,3)13-9-10-15-18(16)4/h9-10,12,14,16H,5-8,11,13,15H2,1-4H3. The second-order valence-electron chi connectivity index (χ2n) is 6.38. The largest absolute Gasteiger partial charge is 0.296 e. The van der Waals surface area contributed by atoms with Crippen LogP contribution in [0.4, 0.5) is 0 Å². The molecular weight excluding hydrogens is 218 g/mol. The lowest BCUT2D eigenvalue weighted by Gasteiger charge is -2.25. The van der Waals surface area contributed by atoms with Crippen molar-refractivity contribution in [3.63, 3.8) is 0 Å². The minimum Gasteiger partial charge on any atom is -0.296 e. The minimum atomic E-state index is 0.309. The number of likely N-dealkylation sites (N-methyl/N-ethyl adjacent to an activating group) is 1. The summed E-state index contributed by atoms with van der Waals surface area (Å²) < 4.78 is 0. The van der Waals surface area contributed by atoms with Crippen molar-refractivity contribution in [1.82, 2.24) is 4.90 Å². The molecule has 1 heteroatoms. The van der Waals surface area contributed by atoms with Crippen LogP contribution in [-0.2, 0) is 0 Å². The Morgan fingerprint density at radius 2 is 1.94 bits per heavy atom. The van der Waals surface area contributed by atoms with E-state index in [0.717, 1.165) is 13.0 Å². The third-order valence-corrected chi connectivity index (χ3v) is 3.89. The summed E-state index contributed by atoms with van der Waals surface area (Å²) in [5.41, 5.74) is 0.309. The summed E-state index contributed by atoms with van der Waals surface area (Å²) in [6.07, 6.45) is 17.4. The van der Waals surface area contributed by atoms with Gasteiger partial charge in [0.1, 0.15) is 0 Å². The molecule has 104 valence electrons. The van der Waals surface area contributed by atoms with Crippen LogP contribution in [0.15, 0.2) is 24.3 Å². The van der Waals surface area contributed by atoms with Crippen LogP contribution in [0.1, 0.15) is 59.3 Å². The Morgan fingerprint density at radius 3 is 2.67 bits per heavy atom. The molecule has 1 unspecified atom stereocenters. The summed E-state index contributed by atoms with van der Waals surface area (Å²) in [6.45, 7) is 8.01. The maximum absolute atomic E-state index is 2.47. The number of allylic oxidation sites excluding steroid dienone is 2. The highest BCUT2D eigenvalue weighted by Gasteiger charge is 2.16. The van der Waals surface area contributed by atoms with E-state index in [9.17, 15) is 0 Å². The molecular formula is C17H31N. The number of rotatable bonds is 5. The first-order valence-corrected chi connectivity index (χ1v) is 7.60. The lowest BCUT2D eigenvalue weighted by molar-refractivity contribution is 0.290. The van der Waals surface area contributed by atoms with Crippen LogP contribution in [0.3, 0.4) is 0 Å². The van der Waals surface area contributed by atoms with E-state index < -0.39 is 0 Å². The minimum absolute atomic E-state index is 0.309. The van der Waals surface area contributed by atoms with Crippen molar-refractivity contribution in [3.8, 4) is 0 Å². The van der Waals surface area contributed by atoms with Crippen LogP contribution in [0.5, 0.6) is 0 Å². The van der Waals surface area contributed by atoms with Crippen LogP contribution in [0.25, 0.3) is 0 Å².